The third-order valence-electron chi connectivity index (χ3n) is 4.11. The molecule has 3 aromatic rings. The van der Waals surface area contributed by atoms with Crippen LogP contribution in [0.3, 0.4) is 0 Å². The van der Waals surface area contributed by atoms with Crippen molar-refractivity contribution < 1.29 is 9.53 Å². The summed E-state index contributed by atoms with van der Waals surface area (Å²) in [6, 6.07) is 17.7. The van der Waals surface area contributed by atoms with Crippen LogP contribution in [-0.4, -0.2) is 17.5 Å². The average Bonchev–Trinajstić information content (AvgIpc) is 3.08. The number of aryl methyl sites for hydroxylation is 2. The summed E-state index contributed by atoms with van der Waals surface area (Å²) in [5.74, 6) is 0.941. The van der Waals surface area contributed by atoms with E-state index in [1.807, 2.05) is 73.8 Å². The third kappa shape index (κ3) is 5.41. The van der Waals surface area contributed by atoms with Crippen molar-refractivity contribution in [3.8, 4) is 5.75 Å². The van der Waals surface area contributed by atoms with Gasteiger partial charge in [0.25, 0.3) is 0 Å². The van der Waals surface area contributed by atoms with Crippen molar-refractivity contribution in [3.05, 3.63) is 71.2 Å². The van der Waals surface area contributed by atoms with Gasteiger partial charge in [-0.1, -0.05) is 30.3 Å². The quantitative estimate of drug-likeness (QED) is 0.473. The van der Waals surface area contributed by atoms with E-state index >= 15 is 0 Å². The molecule has 0 saturated carbocycles. The van der Waals surface area contributed by atoms with Crippen LogP contribution in [0.4, 0.5) is 10.8 Å². The Hall–Kier alpha value is -2.66. The molecule has 1 heterocycles. The van der Waals surface area contributed by atoms with Crippen molar-refractivity contribution >= 4 is 28.1 Å². The van der Waals surface area contributed by atoms with Crippen LogP contribution < -0.4 is 9.64 Å². The van der Waals surface area contributed by atoms with Crippen LogP contribution in [0.2, 0.25) is 0 Å². The molecule has 0 radical (unpaired) electrons. The minimum absolute atomic E-state index is 0.0612. The van der Waals surface area contributed by atoms with Gasteiger partial charge < -0.3 is 4.74 Å². The van der Waals surface area contributed by atoms with Crippen molar-refractivity contribution in [3.63, 3.8) is 0 Å². The summed E-state index contributed by atoms with van der Waals surface area (Å²) in [5, 5.41) is 2.69. The lowest BCUT2D eigenvalue weighted by atomic mass is 10.2. The summed E-state index contributed by atoms with van der Waals surface area (Å²) in [6.07, 6.45) is 2.07. The number of anilines is 2. The minimum atomic E-state index is 0.0612. The van der Waals surface area contributed by atoms with Crippen LogP contribution in [0, 0.1) is 13.8 Å². The summed E-state index contributed by atoms with van der Waals surface area (Å²) in [6.45, 7) is 4.60. The zero-order chi connectivity index (χ0) is 19.1. The number of amides is 1. The highest BCUT2D eigenvalue weighted by atomic mass is 32.1. The Balaban J connectivity index is 1.55. The first-order valence-corrected chi connectivity index (χ1v) is 10.0. The van der Waals surface area contributed by atoms with E-state index in [4.69, 9.17) is 4.74 Å². The topological polar surface area (TPSA) is 42.4 Å². The van der Waals surface area contributed by atoms with Gasteiger partial charge in [-0.15, -0.1) is 11.3 Å². The van der Waals surface area contributed by atoms with Crippen molar-refractivity contribution in [2.24, 2.45) is 0 Å². The smallest absolute Gasteiger partial charge is 0.233 e. The summed E-state index contributed by atoms with van der Waals surface area (Å²) < 4.78 is 5.77. The maximum Gasteiger partial charge on any atom is 0.233 e. The SMILES string of the molecule is Cc1cccc(OCCCCC(=O)N(c2ccccc2)c2nc(C)cs2)c1. The zero-order valence-electron chi connectivity index (χ0n) is 15.7. The first kappa shape index (κ1) is 19.1. The van der Waals surface area contributed by atoms with E-state index in [-0.39, 0.29) is 5.91 Å². The van der Waals surface area contributed by atoms with Crippen molar-refractivity contribution in [1.82, 2.24) is 4.98 Å². The monoisotopic (exact) mass is 380 g/mol. The van der Waals surface area contributed by atoms with Crippen LogP contribution in [0.1, 0.15) is 30.5 Å². The van der Waals surface area contributed by atoms with Gasteiger partial charge in [0.05, 0.1) is 18.0 Å². The Morgan fingerprint density at radius 3 is 2.59 bits per heavy atom. The van der Waals surface area contributed by atoms with Gasteiger partial charge in [-0.3, -0.25) is 9.69 Å². The third-order valence-corrected chi connectivity index (χ3v) is 5.05. The van der Waals surface area contributed by atoms with Crippen LogP contribution in [0.5, 0.6) is 5.75 Å². The second-order valence-electron chi connectivity index (χ2n) is 6.46. The Morgan fingerprint density at radius 1 is 1.07 bits per heavy atom. The average molecular weight is 381 g/mol. The van der Waals surface area contributed by atoms with E-state index < -0.39 is 0 Å². The van der Waals surface area contributed by atoms with E-state index in [9.17, 15) is 4.79 Å². The van der Waals surface area contributed by atoms with E-state index in [1.54, 1.807) is 4.90 Å². The van der Waals surface area contributed by atoms with Gasteiger partial charge >= 0.3 is 0 Å². The molecule has 1 aromatic heterocycles. The van der Waals surface area contributed by atoms with Gasteiger partial charge in [0.1, 0.15) is 5.75 Å². The fourth-order valence-electron chi connectivity index (χ4n) is 2.77. The van der Waals surface area contributed by atoms with Crippen LogP contribution in [-0.2, 0) is 4.79 Å². The Kier molecular flexibility index (Phi) is 6.60. The van der Waals surface area contributed by atoms with Crippen LogP contribution in [0.15, 0.2) is 60.0 Å². The van der Waals surface area contributed by atoms with E-state index in [0.29, 0.717) is 13.0 Å². The fourth-order valence-corrected chi connectivity index (χ4v) is 3.61. The Morgan fingerprint density at radius 2 is 1.89 bits per heavy atom. The number of hydrogen-bond donors (Lipinski definition) is 0. The number of nitrogens with zero attached hydrogens (tertiary/aromatic N) is 2. The lowest BCUT2D eigenvalue weighted by Gasteiger charge is -2.20. The van der Waals surface area contributed by atoms with Gasteiger partial charge in [0, 0.05) is 11.8 Å². The number of thiazole rings is 1. The molecule has 0 bridgehead atoms. The van der Waals surface area contributed by atoms with Gasteiger partial charge in [-0.25, -0.2) is 4.98 Å². The maximum absolute atomic E-state index is 12.9. The Bertz CT molecular complexity index is 877. The molecule has 0 saturated heterocycles. The largest absolute Gasteiger partial charge is 0.494 e. The number of carbonyl (C=O) groups excluding carboxylic acids is 1. The molecule has 0 aliphatic heterocycles. The second kappa shape index (κ2) is 9.33. The van der Waals surface area contributed by atoms with E-state index in [2.05, 4.69) is 4.98 Å². The number of aromatic nitrogens is 1. The molecule has 27 heavy (non-hydrogen) atoms. The molecule has 3 rings (SSSR count). The van der Waals surface area contributed by atoms with Gasteiger partial charge in [0.15, 0.2) is 5.13 Å². The normalized spacial score (nSPS) is 10.6. The molecule has 140 valence electrons. The molecule has 5 heteroatoms. The van der Waals surface area contributed by atoms with E-state index in [1.165, 1.54) is 16.9 Å². The predicted octanol–water partition coefficient (Wildman–Crippen LogP) is 5.67. The van der Waals surface area contributed by atoms with Gasteiger partial charge in [-0.05, 0) is 56.5 Å². The number of benzene rings is 2. The molecule has 0 N–H and O–H groups in total. The van der Waals surface area contributed by atoms with Crippen LogP contribution >= 0.6 is 11.3 Å². The molecule has 0 unspecified atom stereocenters. The lowest BCUT2D eigenvalue weighted by Crippen LogP contribution is -2.25. The molecule has 4 nitrogen and oxygen atoms in total. The van der Waals surface area contributed by atoms with Gasteiger partial charge in [-0.2, -0.15) is 0 Å². The van der Waals surface area contributed by atoms with Crippen molar-refractivity contribution in [2.45, 2.75) is 33.1 Å². The number of unbranched alkanes of at least 4 members (excludes halogenated alkanes) is 1. The number of para-hydroxylation sites is 1. The first-order valence-electron chi connectivity index (χ1n) is 9.13. The lowest BCUT2D eigenvalue weighted by molar-refractivity contribution is -0.118. The standard InChI is InChI=1S/C22H24N2O2S/c1-17-9-8-12-20(15-17)26-14-7-6-13-21(25)24(19-10-4-3-5-11-19)22-23-18(2)16-27-22/h3-5,8-12,15-16H,6-7,13-14H2,1-2H3. The summed E-state index contributed by atoms with van der Waals surface area (Å²) in [7, 11) is 0. The number of hydrogen-bond acceptors (Lipinski definition) is 4. The summed E-state index contributed by atoms with van der Waals surface area (Å²) in [4.78, 5) is 19.1. The molecule has 1 amide bonds. The molecule has 0 atom stereocenters. The molecule has 0 fully saturated rings. The molecule has 2 aromatic carbocycles. The van der Waals surface area contributed by atoms with Gasteiger partial charge in [0.2, 0.25) is 5.91 Å². The molecule has 0 aliphatic rings. The molecular weight excluding hydrogens is 356 g/mol. The molecule has 0 aliphatic carbocycles. The number of rotatable bonds is 8. The minimum Gasteiger partial charge on any atom is -0.494 e. The van der Waals surface area contributed by atoms with Crippen LogP contribution in [0.25, 0.3) is 0 Å². The number of ether oxygens (including phenoxy) is 1. The predicted molar refractivity (Wildman–Crippen MR) is 111 cm³/mol. The summed E-state index contributed by atoms with van der Waals surface area (Å²) in [5.41, 5.74) is 2.96. The zero-order valence-corrected chi connectivity index (χ0v) is 16.5. The van der Waals surface area contributed by atoms with Crippen molar-refractivity contribution in [2.75, 3.05) is 11.5 Å². The molecular formula is C22H24N2O2S. The highest BCUT2D eigenvalue weighted by molar-refractivity contribution is 7.14. The highest BCUT2D eigenvalue weighted by Crippen LogP contribution is 2.29. The number of carbonyl (C=O) groups is 1. The maximum atomic E-state index is 12.9. The summed E-state index contributed by atoms with van der Waals surface area (Å²) >= 11 is 1.49. The fraction of sp³-hybridized carbons (Fsp3) is 0.273. The second-order valence-corrected chi connectivity index (χ2v) is 7.29. The van der Waals surface area contributed by atoms with E-state index in [0.717, 1.165) is 35.1 Å². The molecule has 0 spiro atoms. The van der Waals surface area contributed by atoms with Crippen molar-refractivity contribution in [1.29, 1.82) is 0 Å². The highest BCUT2D eigenvalue weighted by Gasteiger charge is 2.20. The first-order chi connectivity index (χ1) is 13.1. The Labute approximate surface area is 164 Å².